The van der Waals surface area contributed by atoms with E-state index in [4.69, 9.17) is 9.47 Å². The highest BCUT2D eigenvalue weighted by atomic mass is 32.2. The van der Waals surface area contributed by atoms with Gasteiger partial charge in [-0.25, -0.2) is 0 Å². The summed E-state index contributed by atoms with van der Waals surface area (Å²) >= 11 is 1.25. The molecule has 0 fully saturated rings. The van der Waals surface area contributed by atoms with E-state index >= 15 is 0 Å². The lowest BCUT2D eigenvalue weighted by Crippen LogP contribution is -2.21. The van der Waals surface area contributed by atoms with E-state index in [-0.39, 0.29) is 17.2 Å². The van der Waals surface area contributed by atoms with Crippen LogP contribution in [0.25, 0.3) is 5.69 Å². The molecule has 0 saturated heterocycles. The minimum atomic E-state index is -0.225. The van der Waals surface area contributed by atoms with Crippen LogP contribution in [0.4, 0.5) is 5.69 Å². The SMILES string of the molecule is COc1ccc(NC(=O)CSc2ccc(=O)n(-c3ccc(C)c(C)c3)n2)cc1OC. The van der Waals surface area contributed by atoms with Gasteiger partial charge >= 0.3 is 0 Å². The maximum atomic E-state index is 12.3. The summed E-state index contributed by atoms with van der Waals surface area (Å²) in [4.78, 5) is 24.6. The summed E-state index contributed by atoms with van der Waals surface area (Å²) in [7, 11) is 3.09. The largest absolute Gasteiger partial charge is 0.493 e. The fourth-order valence-corrected chi connectivity index (χ4v) is 3.42. The van der Waals surface area contributed by atoms with E-state index in [1.165, 1.54) is 29.6 Å². The van der Waals surface area contributed by atoms with E-state index < -0.39 is 0 Å². The Morgan fingerprint density at radius 2 is 1.77 bits per heavy atom. The Balaban J connectivity index is 1.69. The quantitative estimate of drug-likeness (QED) is 0.583. The number of nitrogens with zero attached hydrogens (tertiary/aromatic N) is 2. The third-order valence-corrected chi connectivity index (χ3v) is 5.45. The first-order chi connectivity index (χ1) is 14.4. The minimum Gasteiger partial charge on any atom is -0.493 e. The van der Waals surface area contributed by atoms with Gasteiger partial charge in [-0.05, 0) is 55.3 Å². The molecule has 0 aliphatic heterocycles. The zero-order valence-electron chi connectivity index (χ0n) is 17.3. The second-order valence-corrected chi connectivity index (χ2v) is 7.59. The van der Waals surface area contributed by atoms with E-state index in [1.807, 2.05) is 32.0 Å². The molecule has 0 aliphatic rings. The summed E-state index contributed by atoms with van der Waals surface area (Å²) in [5.41, 5.74) is 3.29. The van der Waals surface area contributed by atoms with Gasteiger partial charge < -0.3 is 14.8 Å². The van der Waals surface area contributed by atoms with Crippen molar-refractivity contribution in [2.45, 2.75) is 18.9 Å². The summed E-state index contributed by atoms with van der Waals surface area (Å²) in [5, 5.41) is 7.79. The molecule has 0 unspecified atom stereocenters. The Hall–Kier alpha value is -3.26. The smallest absolute Gasteiger partial charge is 0.271 e. The van der Waals surface area contributed by atoms with Gasteiger partial charge in [0.15, 0.2) is 11.5 Å². The number of nitrogens with one attached hydrogen (secondary N) is 1. The number of ether oxygens (including phenoxy) is 2. The molecule has 1 N–H and O–H groups in total. The molecule has 0 radical (unpaired) electrons. The zero-order valence-corrected chi connectivity index (χ0v) is 18.1. The third kappa shape index (κ3) is 5.01. The fraction of sp³-hybridized carbons (Fsp3) is 0.227. The molecule has 1 heterocycles. The monoisotopic (exact) mass is 425 g/mol. The first-order valence-electron chi connectivity index (χ1n) is 9.24. The van der Waals surface area contributed by atoms with Crippen molar-refractivity contribution in [3.8, 4) is 17.2 Å². The number of aryl methyl sites for hydroxylation is 2. The standard InChI is InChI=1S/C22H23N3O4S/c1-14-5-7-17(11-15(14)2)25-22(27)10-9-21(24-25)30-13-20(26)23-16-6-8-18(28-3)19(12-16)29-4/h5-12H,13H2,1-4H3,(H,23,26). The highest BCUT2D eigenvalue weighted by Gasteiger charge is 2.10. The molecule has 3 aromatic rings. The van der Waals surface area contributed by atoms with Crippen LogP contribution in [-0.4, -0.2) is 35.7 Å². The number of carbonyl (C=O) groups excluding carboxylic acids is 1. The lowest BCUT2D eigenvalue weighted by atomic mass is 10.1. The molecular formula is C22H23N3O4S. The number of anilines is 1. The van der Waals surface area contributed by atoms with Gasteiger partial charge in [0.05, 0.1) is 25.7 Å². The molecule has 156 valence electrons. The molecule has 0 atom stereocenters. The molecule has 1 aromatic heterocycles. The molecule has 0 saturated carbocycles. The second-order valence-electron chi connectivity index (χ2n) is 6.60. The Labute approximate surface area is 179 Å². The number of rotatable bonds is 7. The molecule has 8 heteroatoms. The van der Waals surface area contributed by atoms with E-state index in [1.54, 1.807) is 31.4 Å². The molecule has 30 heavy (non-hydrogen) atoms. The van der Waals surface area contributed by atoms with Crippen molar-refractivity contribution in [3.63, 3.8) is 0 Å². The lowest BCUT2D eigenvalue weighted by molar-refractivity contribution is -0.113. The number of hydrogen-bond donors (Lipinski definition) is 1. The number of thioether (sulfide) groups is 1. The lowest BCUT2D eigenvalue weighted by Gasteiger charge is -2.11. The molecule has 0 aliphatic carbocycles. The Bertz CT molecular complexity index is 1130. The van der Waals surface area contributed by atoms with Crippen molar-refractivity contribution in [2.75, 3.05) is 25.3 Å². The van der Waals surface area contributed by atoms with Gasteiger partial charge in [-0.3, -0.25) is 9.59 Å². The number of methoxy groups -OCH3 is 2. The van der Waals surface area contributed by atoms with Gasteiger partial charge in [-0.15, -0.1) is 0 Å². The van der Waals surface area contributed by atoms with E-state index in [2.05, 4.69) is 10.4 Å². The Kier molecular flexibility index (Phi) is 6.79. The van der Waals surface area contributed by atoms with Crippen molar-refractivity contribution < 1.29 is 14.3 Å². The number of hydrogen-bond acceptors (Lipinski definition) is 6. The third-order valence-electron chi connectivity index (χ3n) is 4.53. The predicted octanol–water partition coefficient (Wildman–Crippen LogP) is 3.60. The van der Waals surface area contributed by atoms with Crippen LogP contribution in [0.5, 0.6) is 11.5 Å². The number of aromatic nitrogens is 2. The first kappa shape index (κ1) is 21.4. The molecule has 3 rings (SSSR count). The van der Waals surface area contributed by atoms with E-state index in [0.717, 1.165) is 11.1 Å². The van der Waals surface area contributed by atoms with Gasteiger partial charge in [0.2, 0.25) is 5.91 Å². The molecule has 0 spiro atoms. The van der Waals surface area contributed by atoms with Crippen molar-refractivity contribution in [1.29, 1.82) is 0 Å². The number of benzene rings is 2. The van der Waals surface area contributed by atoms with Crippen LogP contribution in [0.3, 0.4) is 0 Å². The fourth-order valence-electron chi connectivity index (χ4n) is 2.76. The maximum Gasteiger partial charge on any atom is 0.271 e. The summed E-state index contributed by atoms with van der Waals surface area (Å²) < 4.78 is 11.8. The average Bonchev–Trinajstić information content (AvgIpc) is 2.75. The normalized spacial score (nSPS) is 10.5. The Morgan fingerprint density at radius 3 is 2.47 bits per heavy atom. The summed E-state index contributed by atoms with van der Waals surface area (Å²) in [6, 6.07) is 14.0. The van der Waals surface area contributed by atoms with Gasteiger partial charge in [-0.2, -0.15) is 9.78 Å². The summed E-state index contributed by atoms with van der Waals surface area (Å²) in [5.74, 6) is 1.07. The highest BCUT2D eigenvalue weighted by molar-refractivity contribution is 7.99. The van der Waals surface area contributed by atoms with Gasteiger partial charge in [0, 0.05) is 17.8 Å². The summed E-state index contributed by atoms with van der Waals surface area (Å²) in [6.45, 7) is 4.00. The van der Waals surface area contributed by atoms with Crippen LogP contribution in [-0.2, 0) is 4.79 Å². The number of carbonyl (C=O) groups is 1. The van der Waals surface area contributed by atoms with Crippen LogP contribution in [0.2, 0.25) is 0 Å². The van der Waals surface area contributed by atoms with Crippen LogP contribution in [0.1, 0.15) is 11.1 Å². The van der Waals surface area contributed by atoms with Crippen LogP contribution in [0.15, 0.2) is 58.4 Å². The molecule has 0 bridgehead atoms. The molecule has 7 nitrogen and oxygen atoms in total. The molecule has 1 amide bonds. The van der Waals surface area contributed by atoms with Crippen molar-refractivity contribution >= 4 is 23.4 Å². The van der Waals surface area contributed by atoms with E-state index in [9.17, 15) is 9.59 Å². The van der Waals surface area contributed by atoms with Crippen molar-refractivity contribution in [2.24, 2.45) is 0 Å². The molecule has 2 aromatic carbocycles. The summed E-state index contributed by atoms with van der Waals surface area (Å²) in [6.07, 6.45) is 0. The Morgan fingerprint density at radius 1 is 1.00 bits per heavy atom. The van der Waals surface area contributed by atoms with Crippen molar-refractivity contribution in [3.05, 3.63) is 70.0 Å². The van der Waals surface area contributed by atoms with Crippen LogP contribution >= 0.6 is 11.8 Å². The second kappa shape index (κ2) is 9.49. The van der Waals surface area contributed by atoms with E-state index in [0.29, 0.717) is 27.9 Å². The molecular weight excluding hydrogens is 402 g/mol. The van der Waals surface area contributed by atoms with Crippen LogP contribution < -0.4 is 20.3 Å². The maximum absolute atomic E-state index is 12.3. The predicted molar refractivity (Wildman–Crippen MR) is 118 cm³/mol. The first-order valence-corrected chi connectivity index (χ1v) is 10.2. The zero-order chi connectivity index (χ0) is 21.7. The van der Waals surface area contributed by atoms with Gasteiger partial charge in [0.1, 0.15) is 5.03 Å². The highest BCUT2D eigenvalue weighted by Crippen LogP contribution is 2.29. The topological polar surface area (TPSA) is 82.5 Å². The van der Waals surface area contributed by atoms with Crippen molar-refractivity contribution in [1.82, 2.24) is 9.78 Å². The minimum absolute atomic E-state index is 0.145. The number of amides is 1. The van der Waals surface area contributed by atoms with Gasteiger partial charge in [0.25, 0.3) is 5.56 Å². The average molecular weight is 426 g/mol. The van der Waals surface area contributed by atoms with Crippen LogP contribution in [0, 0.1) is 13.8 Å². The van der Waals surface area contributed by atoms with Gasteiger partial charge in [-0.1, -0.05) is 17.8 Å².